The number of rotatable bonds is 9. The molecule has 7 nitrogen and oxygen atoms in total. The van der Waals surface area contributed by atoms with Gasteiger partial charge in [0.1, 0.15) is 11.4 Å². The van der Waals surface area contributed by atoms with E-state index in [2.05, 4.69) is 10.5 Å². The van der Waals surface area contributed by atoms with Crippen molar-refractivity contribution >= 4 is 29.4 Å². The fourth-order valence-corrected chi connectivity index (χ4v) is 4.07. The number of halogens is 1. The number of benzene rings is 3. The second kappa shape index (κ2) is 11.6. The Hall–Kier alpha value is -4.10. The van der Waals surface area contributed by atoms with E-state index >= 15 is 0 Å². The second-order valence-corrected chi connectivity index (χ2v) is 8.75. The third-order valence-corrected chi connectivity index (χ3v) is 5.99. The molecule has 4 rings (SSSR count). The molecule has 1 heterocycles. The third-order valence-electron chi connectivity index (χ3n) is 5.62. The molecule has 0 aliphatic carbocycles. The molecule has 0 unspecified atom stereocenters. The minimum Gasteiger partial charge on any atom is -0.481 e. The number of aliphatic carboxylic acids is 1. The fraction of sp³-hybridized carbons (Fsp3) is 0.179. The third kappa shape index (κ3) is 6.52. The predicted molar refractivity (Wildman–Crippen MR) is 137 cm³/mol. The molecule has 0 fully saturated rings. The Kier molecular flexibility index (Phi) is 8.02. The number of nitrogens with zero attached hydrogens (tertiary/aromatic N) is 1. The molecule has 0 atom stereocenters. The lowest BCUT2D eigenvalue weighted by Crippen LogP contribution is -2.16. The van der Waals surface area contributed by atoms with Gasteiger partial charge in [-0.2, -0.15) is 0 Å². The number of amides is 1. The molecule has 0 spiro atoms. The first kappa shape index (κ1) is 25.0. The van der Waals surface area contributed by atoms with Crippen LogP contribution in [0.15, 0.2) is 77.3 Å². The van der Waals surface area contributed by atoms with Gasteiger partial charge >= 0.3 is 12.1 Å². The summed E-state index contributed by atoms with van der Waals surface area (Å²) in [4.78, 5) is 23.4. The molecule has 4 aromatic rings. The lowest BCUT2D eigenvalue weighted by molar-refractivity contribution is -0.136. The molecule has 0 saturated heterocycles. The number of hydrogen-bond donors (Lipinski definition) is 2. The predicted octanol–water partition coefficient (Wildman–Crippen LogP) is 6.31. The van der Waals surface area contributed by atoms with E-state index in [1.165, 1.54) is 0 Å². The highest BCUT2D eigenvalue weighted by atomic mass is 35.5. The Morgan fingerprint density at radius 1 is 1.00 bits per heavy atom. The highest BCUT2D eigenvalue weighted by molar-refractivity contribution is 6.31. The van der Waals surface area contributed by atoms with Gasteiger partial charge in [-0.05, 0) is 41.7 Å². The second-order valence-electron chi connectivity index (χ2n) is 8.34. The Morgan fingerprint density at radius 3 is 2.50 bits per heavy atom. The lowest BCUT2D eigenvalue weighted by Gasteiger charge is -2.09. The van der Waals surface area contributed by atoms with Crippen LogP contribution in [-0.2, 0) is 28.8 Å². The molecule has 184 valence electrons. The topological polar surface area (TPSA) is 102 Å². The van der Waals surface area contributed by atoms with Gasteiger partial charge in [0.25, 0.3) is 0 Å². The lowest BCUT2D eigenvalue weighted by atomic mass is 10.00. The van der Waals surface area contributed by atoms with E-state index in [1.807, 2.05) is 66.7 Å². The molecular weight excluding hydrogens is 480 g/mol. The summed E-state index contributed by atoms with van der Waals surface area (Å²) < 4.78 is 10.8. The summed E-state index contributed by atoms with van der Waals surface area (Å²) in [5.41, 5.74) is 5.49. The number of anilines is 1. The van der Waals surface area contributed by atoms with E-state index in [1.54, 1.807) is 13.0 Å². The molecule has 1 amide bonds. The van der Waals surface area contributed by atoms with Gasteiger partial charge in [0.15, 0.2) is 5.76 Å². The Labute approximate surface area is 213 Å². The van der Waals surface area contributed by atoms with Crippen LogP contribution in [0.4, 0.5) is 10.5 Å². The zero-order valence-electron chi connectivity index (χ0n) is 19.7. The van der Waals surface area contributed by atoms with Gasteiger partial charge in [0.05, 0.1) is 13.0 Å². The number of nitrogens with one attached hydrogen (secondary N) is 1. The van der Waals surface area contributed by atoms with E-state index in [9.17, 15) is 9.59 Å². The zero-order valence-corrected chi connectivity index (χ0v) is 20.4. The van der Waals surface area contributed by atoms with Crippen molar-refractivity contribution < 1.29 is 24.0 Å². The van der Waals surface area contributed by atoms with E-state index in [4.69, 9.17) is 26.0 Å². The monoisotopic (exact) mass is 504 g/mol. The van der Waals surface area contributed by atoms with Crippen molar-refractivity contribution in [1.82, 2.24) is 5.16 Å². The van der Waals surface area contributed by atoms with E-state index < -0.39 is 12.1 Å². The van der Waals surface area contributed by atoms with Crippen LogP contribution < -0.4 is 5.32 Å². The molecule has 0 radical (unpaired) electrons. The van der Waals surface area contributed by atoms with E-state index in [0.717, 1.165) is 27.8 Å². The van der Waals surface area contributed by atoms with Crippen molar-refractivity contribution in [1.29, 1.82) is 0 Å². The summed E-state index contributed by atoms with van der Waals surface area (Å²) in [5.74, 6) is -0.418. The molecule has 1 aromatic heterocycles. The van der Waals surface area contributed by atoms with E-state index in [0.29, 0.717) is 35.0 Å². The van der Waals surface area contributed by atoms with E-state index in [-0.39, 0.29) is 13.0 Å². The van der Waals surface area contributed by atoms with Crippen LogP contribution >= 0.6 is 11.6 Å². The zero-order chi connectivity index (χ0) is 25.5. The van der Waals surface area contributed by atoms with Gasteiger partial charge in [-0.25, -0.2) is 4.79 Å². The first-order valence-electron chi connectivity index (χ1n) is 11.4. The van der Waals surface area contributed by atoms with Crippen LogP contribution in [0.25, 0.3) is 11.3 Å². The average Bonchev–Trinajstić information content (AvgIpc) is 3.20. The molecule has 2 N–H and O–H groups in total. The van der Waals surface area contributed by atoms with Gasteiger partial charge in [0, 0.05) is 17.0 Å². The van der Waals surface area contributed by atoms with Gasteiger partial charge in [-0.15, -0.1) is 0 Å². The largest absolute Gasteiger partial charge is 0.481 e. The quantitative estimate of drug-likeness (QED) is 0.277. The molecular formula is C28H25ClN2O5. The summed E-state index contributed by atoms with van der Waals surface area (Å²) in [6.07, 6.45) is 0.554. The first-order chi connectivity index (χ1) is 17.4. The van der Waals surface area contributed by atoms with Crippen molar-refractivity contribution in [2.45, 2.75) is 26.2 Å². The molecule has 3 aromatic carbocycles. The van der Waals surface area contributed by atoms with Gasteiger partial charge in [0.2, 0.25) is 0 Å². The summed E-state index contributed by atoms with van der Waals surface area (Å²) >= 11 is 6.15. The molecule has 0 aliphatic rings. The van der Waals surface area contributed by atoms with Crippen molar-refractivity contribution in [3.05, 3.63) is 106 Å². The maximum absolute atomic E-state index is 12.4. The Bertz CT molecular complexity index is 1360. The number of ether oxygens (including phenoxy) is 1. The smallest absolute Gasteiger partial charge is 0.411 e. The molecule has 0 aliphatic heterocycles. The highest BCUT2D eigenvalue weighted by Gasteiger charge is 2.18. The van der Waals surface area contributed by atoms with Gasteiger partial charge in [-0.1, -0.05) is 83.5 Å². The standard InChI is InChI=1S/C28H25ClN2O5/c1-18-26(30-28(34)35-14-13-22-7-2-3-8-24(22)29)27(36-31-18)23-11-9-19(10-12-23)15-20-5-4-6-21(16-20)17-25(32)33/h2-12,16H,13-15,17H2,1H3,(H,30,34)(H,32,33). The summed E-state index contributed by atoms with van der Waals surface area (Å²) in [7, 11) is 0. The normalized spacial score (nSPS) is 10.7. The maximum Gasteiger partial charge on any atom is 0.411 e. The molecule has 36 heavy (non-hydrogen) atoms. The minimum atomic E-state index is -0.854. The number of carboxylic acids is 1. The van der Waals surface area contributed by atoms with Crippen molar-refractivity contribution in [2.75, 3.05) is 11.9 Å². The van der Waals surface area contributed by atoms with Crippen LogP contribution in [0.1, 0.15) is 27.9 Å². The average molecular weight is 505 g/mol. The number of aryl methyl sites for hydroxylation is 1. The van der Waals surface area contributed by atoms with Crippen LogP contribution in [0.2, 0.25) is 5.02 Å². The Balaban J connectivity index is 1.39. The van der Waals surface area contributed by atoms with Crippen molar-refractivity contribution in [3.8, 4) is 11.3 Å². The van der Waals surface area contributed by atoms with Crippen LogP contribution in [0, 0.1) is 6.92 Å². The van der Waals surface area contributed by atoms with Crippen LogP contribution in [0.5, 0.6) is 0 Å². The number of carbonyl (C=O) groups excluding carboxylic acids is 1. The number of hydrogen-bond acceptors (Lipinski definition) is 5. The summed E-state index contributed by atoms with van der Waals surface area (Å²) in [6.45, 7) is 1.92. The summed E-state index contributed by atoms with van der Waals surface area (Å²) in [6, 6.07) is 22.7. The Morgan fingerprint density at radius 2 is 1.75 bits per heavy atom. The van der Waals surface area contributed by atoms with Crippen molar-refractivity contribution in [2.24, 2.45) is 0 Å². The SMILES string of the molecule is Cc1noc(-c2ccc(Cc3cccc(CC(=O)O)c3)cc2)c1NC(=O)OCCc1ccccc1Cl. The molecule has 8 heteroatoms. The van der Waals surface area contributed by atoms with Gasteiger partial charge in [-0.3, -0.25) is 10.1 Å². The first-order valence-corrected chi connectivity index (χ1v) is 11.8. The summed E-state index contributed by atoms with van der Waals surface area (Å²) in [5, 5.41) is 16.4. The van der Waals surface area contributed by atoms with Gasteiger partial charge < -0.3 is 14.4 Å². The van der Waals surface area contributed by atoms with Crippen LogP contribution in [-0.4, -0.2) is 28.9 Å². The minimum absolute atomic E-state index is 0.00413. The maximum atomic E-state index is 12.4. The molecule has 0 bridgehead atoms. The number of carboxylic acid groups (broad SMARTS) is 1. The number of carbonyl (C=O) groups is 2. The highest BCUT2D eigenvalue weighted by Crippen LogP contribution is 2.31. The number of aromatic nitrogens is 1. The fourth-order valence-electron chi connectivity index (χ4n) is 3.84. The van der Waals surface area contributed by atoms with Crippen LogP contribution in [0.3, 0.4) is 0 Å². The van der Waals surface area contributed by atoms with Crippen molar-refractivity contribution in [3.63, 3.8) is 0 Å². The molecule has 0 saturated carbocycles.